The van der Waals surface area contributed by atoms with Gasteiger partial charge in [-0.15, -0.1) is 5.10 Å². The van der Waals surface area contributed by atoms with Crippen LogP contribution in [-0.4, -0.2) is 26.8 Å². The van der Waals surface area contributed by atoms with Crippen LogP contribution in [0.3, 0.4) is 0 Å². The summed E-state index contributed by atoms with van der Waals surface area (Å²) in [4.78, 5) is 28.3. The predicted molar refractivity (Wildman–Crippen MR) is 123 cm³/mol. The topological polar surface area (TPSA) is 106 Å². The largest absolute Gasteiger partial charge is 0.467 e. The van der Waals surface area contributed by atoms with Crippen molar-refractivity contribution >= 4 is 28.5 Å². The van der Waals surface area contributed by atoms with Crippen LogP contribution in [0.2, 0.25) is 0 Å². The SMILES string of the molecule is O=C(NCc1ccco1)C(c1ccco1)N(C(=O)Cn1nnc2ccccc21)c1cccc(F)c1. The lowest BCUT2D eigenvalue weighted by atomic mass is 10.1. The van der Waals surface area contributed by atoms with E-state index in [2.05, 4.69) is 15.6 Å². The number of furan rings is 2. The minimum absolute atomic E-state index is 0.0991. The van der Waals surface area contributed by atoms with Crippen LogP contribution < -0.4 is 10.2 Å². The fraction of sp³-hybridized carbons (Fsp3) is 0.120. The molecule has 2 aromatic carbocycles. The summed E-state index contributed by atoms with van der Waals surface area (Å²) >= 11 is 0. The summed E-state index contributed by atoms with van der Waals surface area (Å²) in [6.07, 6.45) is 2.90. The van der Waals surface area contributed by atoms with E-state index in [0.717, 1.165) is 0 Å². The van der Waals surface area contributed by atoms with Gasteiger partial charge < -0.3 is 14.2 Å². The molecular formula is C25H20FN5O4. The number of aromatic nitrogens is 3. The predicted octanol–water partition coefficient (Wildman–Crippen LogP) is 3.85. The van der Waals surface area contributed by atoms with Crippen molar-refractivity contribution < 1.29 is 22.8 Å². The number of nitrogens with zero attached hydrogens (tertiary/aromatic N) is 4. The Kier molecular flexibility index (Phi) is 6.08. The summed E-state index contributed by atoms with van der Waals surface area (Å²) in [6, 6.07) is 18.1. The van der Waals surface area contributed by atoms with Crippen molar-refractivity contribution in [3.05, 3.63) is 103 Å². The van der Waals surface area contributed by atoms with E-state index in [1.165, 1.54) is 40.3 Å². The number of hydrogen-bond acceptors (Lipinski definition) is 6. The molecular weight excluding hydrogens is 453 g/mol. The third kappa shape index (κ3) is 4.67. The Morgan fingerprint density at radius 1 is 1.00 bits per heavy atom. The van der Waals surface area contributed by atoms with Gasteiger partial charge in [0, 0.05) is 5.69 Å². The Balaban J connectivity index is 1.52. The summed E-state index contributed by atoms with van der Waals surface area (Å²) in [5, 5.41) is 10.9. The molecule has 9 nitrogen and oxygen atoms in total. The highest BCUT2D eigenvalue weighted by Gasteiger charge is 2.35. The number of carbonyl (C=O) groups excluding carboxylic acids is 2. The number of para-hydroxylation sites is 1. The van der Waals surface area contributed by atoms with Crippen LogP contribution in [0, 0.1) is 5.82 Å². The Morgan fingerprint density at radius 3 is 2.60 bits per heavy atom. The molecule has 0 aliphatic rings. The van der Waals surface area contributed by atoms with E-state index in [1.807, 2.05) is 12.1 Å². The zero-order chi connectivity index (χ0) is 24.2. The average Bonchev–Trinajstić information content (AvgIpc) is 3.64. The molecule has 0 spiro atoms. The van der Waals surface area contributed by atoms with Crippen molar-refractivity contribution in [1.82, 2.24) is 20.3 Å². The van der Waals surface area contributed by atoms with Crippen LogP contribution in [0.4, 0.5) is 10.1 Å². The molecule has 0 aliphatic heterocycles. The lowest BCUT2D eigenvalue weighted by Gasteiger charge is -2.30. The number of rotatable bonds is 8. The van der Waals surface area contributed by atoms with Crippen LogP contribution in [0.5, 0.6) is 0 Å². The molecule has 35 heavy (non-hydrogen) atoms. The molecule has 0 bridgehead atoms. The standard InChI is InChI=1S/C25H20FN5O4/c26-17-6-3-7-18(14-17)31(23(32)16-30-21-10-2-1-9-20(21)28-29-30)24(22-11-5-13-35-22)25(33)27-15-19-8-4-12-34-19/h1-14,24H,15-16H2,(H,27,33). The van der Waals surface area contributed by atoms with Crippen LogP contribution in [0.15, 0.2) is 94.2 Å². The van der Waals surface area contributed by atoms with Crippen molar-refractivity contribution in [3.8, 4) is 0 Å². The number of hydrogen-bond donors (Lipinski definition) is 1. The molecule has 5 rings (SSSR count). The monoisotopic (exact) mass is 473 g/mol. The molecule has 0 saturated carbocycles. The van der Waals surface area contributed by atoms with Crippen LogP contribution in [0.25, 0.3) is 11.0 Å². The molecule has 1 unspecified atom stereocenters. The van der Waals surface area contributed by atoms with Crippen molar-refractivity contribution in [2.24, 2.45) is 0 Å². The minimum atomic E-state index is -1.22. The number of fused-ring (bicyclic) bond motifs is 1. The van der Waals surface area contributed by atoms with E-state index in [-0.39, 0.29) is 24.5 Å². The van der Waals surface area contributed by atoms with Gasteiger partial charge in [0.1, 0.15) is 29.4 Å². The smallest absolute Gasteiger partial charge is 0.251 e. The molecule has 0 aliphatic carbocycles. The van der Waals surface area contributed by atoms with Gasteiger partial charge in [-0.2, -0.15) is 0 Å². The van der Waals surface area contributed by atoms with E-state index in [9.17, 15) is 14.0 Å². The number of carbonyl (C=O) groups is 2. The molecule has 3 heterocycles. The highest BCUT2D eigenvalue weighted by atomic mass is 19.1. The van der Waals surface area contributed by atoms with Gasteiger partial charge in [-0.25, -0.2) is 9.07 Å². The zero-order valence-corrected chi connectivity index (χ0v) is 18.4. The summed E-state index contributed by atoms with van der Waals surface area (Å²) in [5.74, 6) is -0.851. The lowest BCUT2D eigenvalue weighted by molar-refractivity contribution is -0.127. The van der Waals surface area contributed by atoms with Crippen molar-refractivity contribution in [2.75, 3.05) is 4.90 Å². The summed E-state index contributed by atoms with van der Waals surface area (Å²) < 4.78 is 26.5. The Hall–Kier alpha value is -4.73. The van der Waals surface area contributed by atoms with Crippen molar-refractivity contribution in [3.63, 3.8) is 0 Å². The van der Waals surface area contributed by atoms with E-state index >= 15 is 0 Å². The molecule has 0 saturated heterocycles. The average molecular weight is 473 g/mol. The van der Waals surface area contributed by atoms with E-state index < -0.39 is 23.7 Å². The quantitative estimate of drug-likeness (QED) is 0.367. The molecule has 10 heteroatoms. The first-order valence-corrected chi connectivity index (χ1v) is 10.8. The van der Waals surface area contributed by atoms with Crippen LogP contribution in [0.1, 0.15) is 17.6 Å². The first-order chi connectivity index (χ1) is 17.1. The molecule has 3 aromatic heterocycles. The van der Waals surface area contributed by atoms with Gasteiger partial charge in [-0.3, -0.25) is 14.5 Å². The second-order valence-corrected chi connectivity index (χ2v) is 7.69. The molecule has 1 N–H and O–H groups in total. The number of anilines is 1. The summed E-state index contributed by atoms with van der Waals surface area (Å²) in [7, 11) is 0. The van der Waals surface area contributed by atoms with Crippen molar-refractivity contribution in [1.29, 1.82) is 0 Å². The molecule has 1 atom stereocenters. The second kappa shape index (κ2) is 9.64. The van der Waals surface area contributed by atoms with Crippen LogP contribution >= 0.6 is 0 Å². The fourth-order valence-corrected chi connectivity index (χ4v) is 3.81. The maximum atomic E-state index is 14.2. The first kappa shape index (κ1) is 22.1. The van der Waals surface area contributed by atoms with Gasteiger partial charge in [0.15, 0.2) is 6.04 Å². The molecule has 0 radical (unpaired) electrons. The van der Waals surface area contributed by atoms with Gasteiger partial charge in [0.25, 0.3) is 5.91 Å². The number of amides is 2. The van der Waals surface area contributed by atoms with Gasteiger partial charge >= 0.3 is 0 Å². The van der Waals surface area contributed by atoms with Gasteiger partial charge in [-0.05, 0) is 54.6 Å². The Bertz CT molecular complexity index is 1450. The Morgan fingerprint density at radius 2 is 1.83 bits per heavy atom. The fourth-order valence-electron chi connectivity index (χ4n) is 3.81. The lowest BCUT2D eigenvalue weighted by Crippen LogP contribution is -2.45. The van der Waals surface area contributed by atoms with E-state index in [4.69, 9.17) is 8.83 Å². The third-order valence-electron chi connectivity index (χ3n) is 5.40. The van der Waals surface area contributed by atoms with Gasteiger partial charge in [0.2, 0.25) is 5.91 Å². The van der Waals surface area contributed by atoms with Crippen molar-refractivity contribution in [2.45, 2.75) is 19.1 Å². The highest BCUT2D eigenvalue weighted by Crippen LogP contribution is 2.29. The zero-order valence-electron chi connectivity index (χ0n) is 18.4. The summed E-state index contributed by atoms with van der Waals surface area (Å²) in [5.41, 5.74) is 1.46. The van der Waals surface area contributed by atoms with Gasteiger partial charge in [-0.1, -0.05) is 23.4 Å². The summed E-state index contributed by atoms with van der Waals surface area (Å²) in [6.45, 7) is -0.137. The molecule has 0 fully saturated rings. The number of benzene rings is 2. The first-order valence-electron chi connectivity index (χ1n) is 10.8. The molecule has 5 aromatic rings. The van der Waals surface area contributed by atoms with Gasteiger partial charge in [0.05, 0.1) is 24.6 Å². The molecule has 2 amide bonds. The number of halogens is 1. The maximum absolute atomic E-state index is 14.2. The molecule has 176 valence electrons. The Labute approximate surface area is 198 Å². The van der Waals surface area contributed by atoms with E-state index in [1.54, 1.807) is 42.5 Å². The van der Waals surface area contributed by atoms with E-state index in [0.29, 0.717) is 16.8 Å². The second-order valence-electron chi connectivity index (χ2n) is 7.69. The minimum Gasteiger partial charge on any atom is -0.467 e. The number of nitrogens with one attached hydrogen (secondary N) is 1. The maximum Gasteiger partial charge on any atom is 0.251 e. The normalized spacial score (nSPS) is 11.9. The third-order valence-corrected chi connectivity index (χ3v) is 5.40. The van der Waals surface area contributed by atoms with Crippen LogP contribution in [-0.2, 0) is 22.7 Å². The highest BCUT2D eigenvalue weighted by molar-refractivity contribution is 6.01.